The molecule has 0 atom stereocenters. The number of rotatable bonds is 6. The Labute approximate surface area is 235 Å². The van der Waals surface area contributed by atoms with E-state index < -0.39 is 5.97 Å². The minimum absolute atomic E-state index is 0.277. The second-order valence-corrected chi connectivity index (χ2v) is 11.2. The van der Waals surface area contributed by atoms with Crippen LogP contribution in [0.2, 0.25) is 0 Å². The third-order valence-electron chi connectivity index (χ3n) is 4.59. The molecule has 0 amide bonds. The Balaban J connectivity index is 1.51. The van der Waals surface area contributed by atoms with Gasteiger partial charge in [-0.15, -0.1) is 0 Å². The Kier molecular flexibility index (Phi) is 8.27. The number of hydrogen-bond donors (Lipinski definition) is 0. The fourth-order valence-corrected chi connectivity index (χ4v) is 5.88. The van der Waals surface area contributed by atoms with Crippen LogP contribution in [0.4, 0.5) is 0 Å². The lowest BCUT2D eigenvalue weighted by Crippen LogP contribution is -2.05. The number of halogens is 4. The SMILES string of the molecule is O=C1OC(c2ccc(I)c(Br)c2)=N/C1=C\c1cc(I)c(OCCc2ccccc2)c(I)c1. The number of esters is 1. The lowest BCUT2D eigenvalue weighted by Gasteiger charge is -2.11. The van der Waals surface area contributed by atoms with E-state index in [1.165, 1.54) is 5.56 Å². The van der Waals surface area contributed by atoms with Crippen LogP contribution in [0.25, 0.3) is 6.08 Å². The largest absolute Gasteiger partial charge is 0.491 e. The van der Waals surface area contributed by atoms with Crippen LogP contribution in [0.1, 0.15) is 16.7 Å². The number of carbonyl (C=O) groups is 1. The van der Waals surface area contributed by atoms with Gasteiger partial charge in [-0.05, 0) is 131 Å². The van der Waals surface area contributed by atoms with E-state index in [1.807, 2.05) is 48.5 Å². The minimum Gasteiger partial charge on any atom is -0.491 e. The topological polar surface area (TPSA) is 47.9 Å². The van der Waals surface area contributed by atoms with Gasteiger partial charge in [-0.3, -0.25) is 0 Å². The van der Waals surface area contributed by atoms with Crippen molar-refractivity contribution >= 4 is 102 Å². The summed E-state index contributed by atoms with van der Waals surface area (Å²) in [4.78, 5) is 16.8. The van der Waals surface area contributed by atoms with Crippen molar-refractivity contribution in [3.8, 4) is 5.75 Å². The number of nitrogens with zero attached hydrogens (tertiary/aromatic N) is 1. The first-order valence-electron chi connectivity index (χ1n) is 9.54. The van der Waals surface area contributed by atoms with Gasteiger partial charge in [0.2, 0.25) is 5.90 Å². The summed E-state index contributed by atoms with van der Waals surface area (Å²) in [7, 11) is 0. The quantitative estimate of drug-likeness (QED) is 0.150. The molecule has 0 unspecified atom stereocenters. The molecule has 1 aliphatic heterocycles. The summed E-state index contributed by atoms with van der Waals surface area (Å²) in [6, 6.07) is 20.0. The van der Waals surface area contributed by atoms with E-state index in [9.17, 15) is 4.79 Å². The van der Waals surface area contributed by atoms with E-state index >= 15 is 0 Å². The van der Waals surface area contributed by atoms with E-state index in [-0.39, 0.29) is 5.70 Å². The first-order valence-corrected chi connectivity index (χ1v) is 13.6. The maximum Gasteiger partial charge on any atom is 0.363 e. The van der Waals surface area contributed by atoms with Crippen LogP contribution in [0.5, 0.6) is 5.75 Å². The van der Waals surface area contributed by atoms with Gasteiger partial charge < -0.3 is 9.47 Å². The molecule has 0 bridgehead atoms. The molecule has 4 rings (SSSR count). The number of benzene rings is 3. The van der Waals surface area contributed by atoms with Gasteiger partial charge >= 0.3 is 5.97 Å². The number of hydrogen-bond acceptors (Lipinski definition) is 4. The van der Waals surface area contributed by atoms with Crippen molar-refractivity contribution in [1.82, 2.24) is 0 Å². The molecule has 0 fully saturated rings. The summed E-state index contributed by atoms with van der Waals surface area (Å²) in [6.07, 6.45) is 2.59. The van der Waals surface area contributed by atoms with Gasteiger partial charge in [-0.2, -0.15) is 0 Å². The zero-order chi connectivity index (χ0) is 22.7. The van der Waals surface area contributed by atoms with Crippen LogP contribution in [0, 0.1) is 10.7 Å². The first kappa shape index (κ1) is 24.1. The van der Waals surface area contributed by atoms with Gasteiger partial charge in [0.1, 0.15) is 5.75 Å². The second-order valence-electron chi connectivity index (χ2n) is 6.86. The highest BCUT2D eigenvalue weighted by atomic mass is 127. The number of aliphatic imine (C=N–C) groups is 1. The van der Waals surface area contributed by atoms with Crippen LogP contribution >= 0.6 is 83.7 Å². The Morgan fingerprint density at radius 2 is 1.69 bits per heavy atom. The summed E-state index contributed by atoms with van der Waals surface area (Å²) in [6.45, 7) is 0.599. The molecule has 3 aromatic rings. The van der Waals surface area contributed by atoms with Crippen molar-refractivity contribution in [2.24, 2.45) is 4.99 Å². The first-order chi connectivity index (χ1) is 15.4. The molecule has 8 heteroatoms. The smallest absolute Gasteiger partial charge is 0.363 e. The molecule has 0 spiro atoms. The summed E-state index contributed by atoms with van der Waals surface area (Å²) in [5.74, 6) is 0.706. The summed E-state index contributed by atoms with van der Waals surface area (Å²) in [5.41, 5.74) is 3.14. The number of ether oxygens (including phenoxy) is 2. The van der Waals surface area contributed by atoms with Gasteiger partial charge in [0.05, 0.1) is 13.7 Å². The molecule has 1 heterocycles. The van der Waals surface area contributed by atoms with E-state index in [0.717, 1.165) is 38.5 Å². The standard InChI is InChI=1S/C24H15BrI3NO3/c25-17-13-16(6-7-18(17)26)23-29-21(24(30)32-23)12-15-10-19(27)22(20(28)11-15)31-9-8-14-4-2-1-3-5-14/h1-7,10-13H,8-9H2/b21-12-. The van der Waals surface area contributed by atoms with Crippen LogP contribution in [0.3, 0.4) is 0 Å². The Bertz CT molecular complexity index is 1220. The van der Waals surface area contributed by atoms with Crippen molar-refractivity contribution in [3.63, 3.8) is 0 Å². The fraction of sp³-hybridized carbons (Fsp3) is 0.0833. The molecule has 0 N–H and O–H groups in total. The molecular weight excluding hydrogens is 811 g/mol. The molecule has 1 aliphatic rings. The molecular formula is C24H15BrI3NO3. The Morgan fingerprint density at radius 3 is 2.38 bits per heavy atom. The van der Waals surface area contributed by atoms with E-state index in [4.69, 9.17) is 9.47 Å². The van der Waals surface area contributed by atoms with E-state index in [2.05, 4.69) is 101 Å². The highest BCUT2D eigenvalue weighted by molar-refractivity contribution is 14.1. The van der Waals surface area contributed by atoms with Gasteiger partial charge in [0.25, 0.3) is 0 Å². The third kappa shape index (κ3) is 5.92. The lowest BCUT2D eigenvalue weighted by atomic mass is 10.1. The molecule has 0 aliphatic carbocycles. The van der Waals surface area contributed by atoms with Crippen LogP contribution in [-0.2, 0) is 16.0 Å². The zero-order valence-electron chi connectivity index (χ0n) is 16.4. The Hall–Kier alpha value is -0.990. The summed E-state index contributed by atoms with van der Waals surface area (Å²) < 4.78 is 15.4. The average Bonchev–Trinajstić information content (AvgIpc) is 3.13. The summed E-state index contributed by atoms with van der Waals surface area (Å²) in [5, 5.41) is 0. The maximum atomic E-state index is 12.4. The number of carbonyl (C=O) groups excluding carboxylic acids is 1. The molecule has 4 nitrogen and oxygen atoms in total. The van der Waals surface area contributed by atoms with Gasteiger partial charge in [0.15, 0.2) is 5.70 Å². The molecule has 0 saturated heterocycles. The maximum absolute atomic E-state index is 12.4. The van der Waals surface area contributed by atoms with E-state index in [0.29, 0.717) is 12.5 Å². The average molecular weight is 826 g/mol. The van der Waals surface area contributed by atoms with Gasteiger partial charge in [0, 0.05) is 20.0 Å². The molecule has 0 aromatic heterocycles. The van der Waals surface area contributed by atoms with Gasteiger partial charge in [-0.25, -0.2) is 9.79 Å². The highest BCUT2D eigenvalue weighted by Crippen LogP contribution is 2.31. The molecule has 0 saturated carbocycles. The predicted octanol–water partition coefficient (Wildman–Crippen LogP) is 7.23. The summed E-state index contributed by atoms with van der Waals surface area (Å²) >= 11 is 10.3. The van der Waals surface area contributed by atoms with Crippen LogP contribution in [0.15, 0.2) is 75.8 Å². The fourth-order valence-electron chi connectivity index (χ4n) is 3.04. The van der Waals surface area contributed by atoms with Crippen molar-refractivity contribution in [3.05, 3.63) is 98.2 Å². The normalized spacial score (nSPS) is 14.4. The van der Waals surface area contributed by atoms with E-state index in [1.54, 1.807) is 6.08 Å². The Morgan fingerprint density at radius 1 is 0.969 bits per heavy atom. The number of cyclic esters (lactones) is 1. The van der Waals surface area contributed by atoms with Gasteiger partial charge in [-0.1, -0.05) is 30.3 Å². The second kappa shape index (κ2) is 11.0. The lowest BCUT2D eigenvalue weighted by molar-refractivity contribution is -0.129. The molecule has 0 radical (unpaired) electrons. The molecule has 3 aromatic carbocycles. The van der Waals surface area contributed by atoms with Crippen LogP contribution in [-0.4, -0.2) is 18.5 Å². The van der Waals surface area contributed by atoms with Crippen molar-refractivity contribution < 1.29 is 14.3 Å². The predicted molar refractivity (Wildman–Crippen MR) is 155 cm³/mol. The monoisotopic (exact) mass is 825 g/mol. The highest BCUT2D eigenvalue weighted by Gasteiger charge is 2.24. The third-order valence-corrected chi connectivity index (χ3v) is 8.53. The molecule has 162 valence electrons. The zero-order valence-corrected chi connectivity index (χ0v) is 24.5. The molecule has 32 heavy (non-hydrogen) atoms. The van der Waals surface area contributed by atoms with Crippen molar-refractivity contribution in [2.75, 3.05) is 6.61 Å². The minimum atomic E-state index is -0.456. The van der Waals surface area contributed by atoms with Crippen LogP contribution < -0.4 is 4.74 Å². The van der Waals surface area contributed by atoms with Crippen molar-refractivity contribution in [2.45, 2.75) is 6.42 Å². The van der Waals surface area contributed by atoms with Crippen molar-refractivity contribution in [1.29, 1.82) is 0 Å².